The van der Waals surface area contributed by atoms with Crippen molar-refractivity contribution in [3.05, 3.63) is 86.8 Å². The van der Waals surface area contributed by atoms with E-state index in [4.69, 9.17) is 23.4 Å². The summed E-state index contributed by atoms with van der Waals surface area (Å²) in [5.74, 6) is -0.491. The summed E-state index contributed by atoms with van der Waals surface area (Å²) in [5, 5.41) is 11.2. The molecule has 40 heavy (non-hydrogen) atoms. The topological polar surface area (TPSA) is 122 Å². The molecule has 0 aliphatic carbocycles. The molecule has 9 heteroatoms. The summed E-state index contributed by atoms with van der Waals surface area (Å²) in [6, 6.07) is 14.2. The van der Waals surface area contributed by atoms with E-state index in [0.717, 1.165) is 11.3 Å². The van der Waals surface area contributed by atoms with E-state index in [-0.39, 0.29) is 28.7 Å². The Bertz CT molecular complexity index is 1680. The summed E-state index contributed by atoms with van der Waals surface area (Å²) >= 11 is 0. The third kappa shape index (κ3) is 4.86. The maximum Gasteiger partial charge on any atom is 0.336 e. The second-order valence-corrected chi connectivity index (χ2v) is 9.56. The third-order valence-electron chi connectivity index (χ3n) is 7.03. The molecule has 0 radical (unpaired) electrons. The van der Waals surface area contributed by atoms with Gasteiger partial charge in [-0.1, -0.05) is 18.2 Å². The molecule has 0 saturated carbocycles. The lowest BCUT2D eigenvalue weighted by atomic mass is 9.82. The highest BCUT2D eigenvalue weighted by molar-refractivity contribution is 6.09. The first kappa shape index (κ1) is 26.8. The van der Waals surface area contributed by atoms with Crippen LogP contribution in [0.25, 0.3) is 11.0 Å². The van der Waals surface area contributed by atoms with Crippen LogP contribution < -0.4 is 24.6 Å². The number of aromatic hydroxyl groups is 1. The molecule has 3 aromatic carbocycles. The summed E-state index contributed by atoms with van der Waals surface area (Å²) in [6.45, 7) is 3.31. The van der Waals surface area contributed by atoms with Crippen LogP contribution in [-0.2, 0) is 11.2 Å². The molecule has 0 amide bonds. The van der Waals surface area contributed by atoms with E-state index in [0.29, 0.717) is 41.2 Å². The molecule has 1 N–H and O–H groups in total. The summed E-state index contributed by atoms with van der Waals surface area (Å²) in [5.41, 5.74) is 1.82. The Labute approximate surface area is 229 Å². The van der Waals surface area contributed by atoms with Gasteiger partial charge in [0.1, 0.15) is 22.6 Å². The van der Waals surface area contributed by atoms with Gasteiger partial charge in [0, 0.05) is 24.0 Å². The summed E-state index contributed by atoms with van der Waals surface area (Å²) < 4.78 is 27.8. The van der Waals surface area contributed by atoms with Gasteiger partial charge in [0.25, 0.3) is 0 Å². The van der Waals surface area contributed by atoms with Crippen molar-refractivity contribution in [2.75, 3.05) is 20.8 Å². The monoisotopic (exact) mass is 544 g/mol. The van der Waals surface area contributed by atoms with E-state index in [1.807, 2.05) is 24.3 Å². The molecule has 1 aromatic heterocycles. The Hall–Kier alpha value is -4.79. The van der Waals surface area contributed by atoms with Gasteiger partial charge in [-0.3, -0.25) is 9.59 Å². The van der Waals surface area contributed by atoms with Gasteiger partial charge in [0.2, 0.25) is 0 Å². The van der Waals surface area contributed by atoms with Crippen LogP contribution in [0.1, 0.15) is 51.9 Å². The number of hydrogen-bond donors (Lipinski definition) is 1. The van der Waals surface area contributed by atoms with Crippen molar-refractivity contribution in [1.29, 1.82) is 0 Å². The fourth-order valence-electron chi connectivity index (χ4n) is 5.11. The lowest BCUT2D eigenvalue weighted by Gasteiger charge is -2.28. The van der Waals surface area contributed by atoms with Crippen molar-refractivity contribution in [2.24, 2.45) is 0 Å². The first-order valence-corrected chi connectivity index (χ1v) is 12.7. The summed E-state index contributed by atoms with van der Waals surface area (Å²) in [7, 11) is 3.14. The Kier molecular flexibility index (Phi) is 7.21. The standard InChI is InChI=1S/C31H28O9/c1-16-13-24(33)39-30-26(16)29(35)27(17(2)32)31-28(30)21(15-25(34)40-31)19-7-10-22(23(14-19)37-4)38-12-11-18-5-8-20(36-3)9-6-18/h5-10,13-14,21,35H,11-12,15H2,1-4H3. The van der Waals surface area contributed by atoms with Gasteiger partial charge in [0.15, 0.2) is 23.0 Å². The number of hydrogen-bond acceptors (Lipinski definition) is 9. The van der Waals surface area contributed by atoms with Crippen molar-refractivity contribution in [1.82, 2.24) is 0 Å². The molecule has 5 rings (SSSR count). The highest BCUT2D eigenvalue weighted by atomic mass is 16.5. The Morgan fingerprint density at radius 2 is 1.77 bits per heavy atom. The lowest BCUT2D eigenvalue weighted by Crippen LogP contribution is -2.24. The number of esters is 1. The minimum absolute atomic E-state index is 0.0683. The van der Waals surface area contributed by atoms with Gasteiger partial charge in [-0.05, 0) is 54.8 Å². The van der Waals surface area contributed by atoms with Crippen LogP contribution in [-0.4, -0.2) is 37.7 Å². The number of benzene rings is 3. The van der Waals surface area contributed by atoms with Gasteiger partial charge in [-0.2, -0.15) is 0 Å². The van der Waals surface area contributed by atoms with Crippen molar-refractivity contribution in [3.8, 4) is 28.7 Å². The molecule has 1 unspecified atom stereocenters. The van der Waals surface area contributed by atoms with Gasteiger partial charge in [-0.15, -0.1) is 0 Å². The molecule has 2 heterocycles. The molecule has 9 nitrogen and oxygen atoms in total. The Morgan fingerprint density at radius 3 is 2.45 bits per heavy atom. The van der Waals surface area contributed by atoms with Crippen LogP contribution in [0.2, 0.25) is 0 Å². The molecular weight excluding hydrogens is 516 g/mol. The summed E-state index contributed by atoms with van der Waals surface area (Å²) in [4.78, 5) is 37.7. The second-order valence-electron chi connectivity index (χ2n) is 9.56. The number of ether oxygens (including phenoxy) is 4. The molecule has 0 bridgehead atoms. The van der Waals surface area contributed by atoms with Crippen LogP contribution in [0, 0.1) is 6.92 Å². The van der Waals surface area contributed by atoms with Crippen LogP contribution in [0.15, 0.2) is 57.7 Å². The van der Waals surface area contributed by atoms with E-state index in [9.17, 15) is 19.5 Å². The van der Waals surface area contributed by atoms with E-state index in [1.165, 1.54) is 20.1 Å². The van der Waals surface area contributed by atoms with Crippen LogP contribution in [0.4, 0.5) is 0 Å². The largest absolute Gasteiger partial charge is 0.506 e. The zero-order valence-electron chi connectivity index (χ0n) is 22.5. The molecule has 1 atom stereocenters. The van der Waals surface area contributed by atoms with E-state index in [2.05, 4.69) is 0 Å². The molecule has 4 aromatic rings. The first-order valence-electron chi connectivity index (χ1n) is 12.7. The molecule has 0 saturated heterocycles. The average molecular weight is 545 g/mol. The van der Waals surface area contributed by atoms with E-state index >= 15 is 0 Å². The number of methoxy groups -OCH3 is 2. The van der Waals surface area contributed by atoms with Crippen LogP contribution in [0.3, 0.4) is 0 Å². The SMILES string of the molecule is COc1ccc(CCOc2ccc(C3CC(=O)Oc4c(C(C)=O)c(O)c5c(C)cc(=O)oc5c43)cc2OC)cc1. The number of phenolic OH excluding ortho intramolecular Hbond substituents is 1. The van der Waals surface area contributed by atoms with Crippen molar-refractivity contribution in [3.63, 3.8) is 0 Å². The Morgan fingerprint density at radius 1 is 1.02 bits per heavy atom. The fourth-order valence-corrected chi connectivity index (χ4v) is 5.11. The number of Topliss-reactive ketones (excluding diaryl/α,β-unsaturated/α-hetero) is 1. The van der Waals surface area contributed by atoms with Gasteiger partial charge in [-0.25, -0.2) is 4.79 Å². The molecule has 206 valence electrons. The zero-order valence-corrected chi connectivity index (χ0v) is 22.5. The maximum absolute atomic E-state index is 12.7. The fraction of sp³-hybridized carbons (Fsp3) is 0.258. The number of ketones is 1. The number of aryl methyl sites for hydroxylation is 1. The van der Waals surface area contributed by atoms with E-state index in [1.54, 1.807) is 32.2 Å². The van der Waals surface area contributed by atoms with Gasteiger partial charge in [0.05, 0.1) is 32.6 Å². The smallest absolute Gasteiger partial charge is 0.336 e. The lowest BCUT2D eigenvalue weighted by molar-refractivity contribution is -0.135. The molecule has 0 spiro atoms. The number of fused-ring (bicyclic) bond motifs is 3. The van der Waals surface area contributed by atoms with Gasteiger partial charge < -0.3 is 28.5 Å². The normalized spacial score (nSPS) is 14.4. The second kappa shape index (κ2) is 10.8. The van der Waals surface area contributed by atoms with Crippen LogP contribution in [0.5, 0.6) is 28.7 Å². The number of carbonyl (C=O) groups is 2. The highest BCUT2D eigenvalue weighted by Gasteiger charge is 2.37. The van der Waals surface area contributed by atoms with Crippen molar-refractivity contribution in [2.45, 2.75) is 32.6 Å². The molecule has 1 aliphatic rings. The van der Waals surface area contributed by atoms with E-state index < -0.39 is 29.0 Å². The number of rotatable bonds is 8. The van der Waals surface area contributed by atoms with Gasteiger partial charge >= 0.3 is 11.6 Å². The predicted molar refractivity (Wildman–Crippen MR) is 146 cm³/mol. The molecular formula is C31H28O9. The minimum Gasteiger partial charge on any atom is -0.506 e. The highest BCUT2D eigenvalue weighted by Crippen LogP contribution is 2.50. The van der Waals surface area contributed by atoms with Crippen molar-refractivity contribution < 1.29 is 38.1 Å². The molecule has 0 fully saturated rings. The third-order valence-corrected chi connectivity index (χ3v) is 7.03. The quantitative estimate of drug-likeness (QED) is 0.140. The minimum atomic E-state index is -0.648. The van der Waals surface area contributed by atoms with Crippen molar-refractivity contribution >= 4 is 22.7 Å². The number of carbonyl (C=O) groups excluding carboxylic acids is 2. The predicted octanol–water partition coefficient (Wildman–Crippen LogP) is 5.09. The first-order chi connectivity index (χ1) is 19.2. The zero-order chi connectivity index (χ0) is 28.6. The average Bonchev–Trinajstić information content (AvgIpc) is 2.92. The molecule has 1 aliphatic heterocycles. The summed E-state index contributed by atoms with van der Waals surface area (Å²) in [6.07, 6.45) is 0.584. The maximum atomic E-state index is 12.7. The van der Waals surface area contributed by atoms with Crippen LogP contribution >= 0.6 is 0 Å². The Balaban J connectivity index is 1.54. The number of phenols is 1.